The number of benzene rings is 1. The zero-order chi connectivity index (χ0) is 20.8. The predicted octanol–water partition coefficient (Wildman–Crippen LogP) is 2.76. The SMILES string of the molecule is CC(=O)OC[n+]1ccc2c(c1)C(C)(C)c1c-2ccc2c[n+](COC(C)=O)ccc12. The van der Waals surface area contributed by atoms with Crippen molar-refractivity contribution in [2.75, 3.05) is 0 Å². The summed E-state index contributed by atoms with van der Waals surface area (Å²) in [5.74, 6) is -0.598. The second-order valence-corrected chi connectivity index (χ2v) is 7.89. The molecule has 0 fully saturated rings. The number of pyridine rings is 2. The molecule has 1 aromatic carbocycles. The number of rotatable bonds is 4. The quantitative estimate of drug-likeness (QED) is 0.506. The average molecular weight is 392 g/mol. The van der Waals surface area contributed by atoms with Crippen molar-refractivity contribution < 1.29 is 28.2 Å². The minimum atomic E-state index is -0.301. The van der Waals surface area contributed by atoms with Gasteiger partial charge in [0.1, 0.15) is 0 Å². The largest absolute Gasteiger partial charge is 0.405 e. The van der Waals surface area contributed by atoms with E-state index in [-0.39, 0.29) is 30.8 Å². The first kappa shape index (κ1) is 19.1. The van der Waals surface area contributed by atoms with Gasteiger partial charge in [-0.3, -0.25) is 9.59 Å². The highest BCUT2D eigenvalue weighted by atomic mass is 16.5. The molecule has 0 spiro atoms. The first-order valence-corrected chi connectivity index (χ1v) is 9.54. The molecule has 2 heterocycles. The molecule has 1 aliphatic carbocycles. The fourth-order valence-corrected chi connectivity index (χ4v) is 4.12. The first-order chi connectivity index (χ1) is 13.8. The van der Waals surface area contributed by atoms with E-state index in [0.717, 1.165) is 5.39 Å². The smallest absolute Gasteiger partial charge is 0.307 e. The molecule has 0 amide bonds. The van der Waals surface area contributed by atoms with Crippen molar-refractivity contribution in [3.05, 3.63) is 60.2 Å². The van der Waals surface area contributed by atoms with Gasteiger partial charge in [-0.15, -0.1) is 0 Å². The van der Waals surface area contributed by atoms with E-state index in [0.29, 0.717) is 0 Å². The van der Waals surface area contributed by atoms with Crippen LogP contribution in [0.5, 0.6) is 0 Å². The highest BCUT2D eigenvalue weighted by Gasteiger charge is 2.39. The second-order valence-electron chi connectivity index (χ2n) is 7.89. The van der Waals surface area contributed by atoms with Gasteiger partial charge in [-0.1, -0.05) is 19.9 Å². The number of esters is 2. The van der Waals surface area contributed by atoms with Gasteiger partial charge in [0.2, 0.25) is 0 Å². The molecule has 0 saturated heterocycles. The van der Waals surface area contributed by atoms with Crippen molar-refractivity contribution in [3.63, 3.8) is 0 Å². The van der Waals surface area contributed by atoms with Gasteiger partial charge in [-0.05, 0) is 28.1 Å². The zero-order valence-corrected chi connectivity index (χ0v) is 17.1. The van der Waals surface area contributed by atoms with Gasteiger partial charge >= 0.3 is 11.9 Å². The van der Waals surface area contributed by atoms with Crippen molar-refractivity contribution in [1.82, 2.24) is 0 Å². The van der Waals surface area contributed by atoms with Crippen LogP contribution in [0.15, 0.2) is 49.1 Å². The van der Waals surface area contributed by atoms with E-state index in [1.54, 1.807) is 0 Å². The van der Waals surface area contributed by atoms with Crippen LogP contribution in [0.1, 0.15) is 38.8 Å². The Bertz CT molecular complexity index is 1150. The Morgan fingerprint density at radius 3 is 2.14 bits per heavy atom. The molecule has 6 nitrogen and oxygen atoms in total. The van der Waals surface area contributed by atoms with Gasteiger partial charge < -0.3 is 9.47 Å². The van der Waals surface area contributed by atoms with E-state index >= 15 is 0 Å². The molecule has 0 aliphatic heterocycles. The van der Waals surface area contributed by atoms with Crippen LogP contribution in [0.4, 0.5) is 0 Å². The number of hydrogen-bond donors (Lipinski definition) is 0. The summed E-state index contributed by atoms with van der Waals surface area (Å²) in [5, 5.41) is 2.27. The summed E-state index contributed by atoms with van der Waals surface area (Å²) in [4.78, 5) is 22.2. The van der Waals surface area contributed by atoms with E-state index in [4.69, 9.17) is 9.47 Å². The molecule has 4 rings (SSSR count). The van der Waals surface area contributed by atoms with Crippen LogP contribution in [-0.2, 0) is 37.9 Å². The highest BCUT2D eigenvalue weighted by Crippen LogP contribution is 2.50. The standard InChI is InChI=1S/C23H24N2O4/c1-15(26)28-13-24-9-7-18-17(11-24)5-6-20-19-8-10-25(14-29-16(2)27)12-21(19)23(3,4)22(18)20/h5-12H,13-14H2,1-4H3/q+2. The van der Waals surface area contributed by atoms with Crippen LogP contribution in [0, 0.1) is 0 Å². The molecule has 1 aliphatic rings. The van der Waals surface area contributed by atoms with Crippen LogP contribution in [0.3, 0.4) is 0 Å². The summed E-state index contributed by atoms with van der Waals surface area (Å²) in [6.07, 6.45) is 7.94. The lowest BCUT2D eigenvalue weighted by Gasteiger charge is -2.21. The van der Waals surface area contributed by atoms with Crippen molar-refractivity contribution in [3.8, 4) is 11.1 Å². The Labute approximate surface area is 169 Å². The normalized spacial score (nSPS) is 13.7. The van der Waals surface area contributed by atoms with Gasteiger partial charge in [0.25, 0.3) is 13.5 Å². The molecule has 0 unspecified atom stereocenters. The van der Waals surface area contributed by atoms with Gasteiger partial charge in [-0.2, -0.15) is 9.13 Å². The molecule has 0 N–H and O–H groups in total. The van der Waals surface area contributed by atoms with Crippen LogP contribution >= 0.6 is 0 Å². The molecule has 3 aromatic rings. The number of aromatic nitrogens is 2. The molecule has 29 heavy (non-hydrogen) atoms. The summed E-state index contributed by atoms with van der Waals surface area (Å²) < 4.78 is 14.0. The molecule has 0 saturated carbocycles. The zero-order valence-electron chi connectivity index (χ0n) is 17.1. The van der Waals surface area contributed by atoms with Crippen LogP contribution in [0.2, 0.25) is 0 Å². The van der Waals surface area contributed by atoms with E-state index in [1.165, 1.54) is 41.5 Å². The van der Waals surface area contributed by atoms with E-state index in [2.05, 4.69) is 44.3 Å². The maximum absolute atomic E-state index is 11.1. The summed E-state index contributed by atoms with van der Waals surface area (Å²) in [7, 11) is 0. The second kappa shape index (κ2) is 6.95. The number of ether oxygens (including phenoxy) is 2. The molecule has 0 bridgehead atoms. The number of carbonyl (C=O) groups is 2. The molecule has 0 radical (unpaired) electrons. The van der Waals surface area contributed by atoms with Crippen LogP contribution in [0.25, 0.3) is 21.9 Å². The fraction of sp³-hybridized carbons (Fsp3) is 0.304. The number of nitrogens with zero attached hydrogens (tertiary/aromatic N) is 2. The number of hydrogen-bond acceptors (Lipinski definition) is 4. The third-order valence-corrected chi connectivity index (χ3v) is 5.46. The van der Waals surface area contributed by atoms with E-state index in [9.17, 15) is 9.59 Å². The summed E-state index contributed by atoms with van der Waals surface area (Å²) in [6, 6.07) is 8.42. The first-order valence-electron chi connectivity index (χ1n) is 9.54. The Morgan fingerprint density at radius 2 is 1.48 bits per heavy atom. The average Bonchev–Trinajstić information content (AvgIpc) is 2.91. The van der Waals surface area contributed by atoms with Crippen molar-refractivity contribution in [2.45, 2.75) is 46.6 Å². The number of carbonyl (C=O) groups excluding carboxylic acids is 2. The third kappa shape index (κ3) is 3.35. The van der Waals surface area contributed by atoms with Crippen LogP contribution in [-0.4, -0.2) is 11.9 Å². The molecule has 148 valence electrons. The Morgan fingerprint density at radius 1 is 0.862 bits per heavy atom. The summed E-state index contributed by atoms with van der Waals surface area (Å²) in [5.41, 5.74) is 4.68. The molecular weight excluding hydrogens is 368 g/mol. The Balaban J connectivity index is 1.77. The number of fused-ring (bicyclic) bond motifs is 5. The molecule has 2 aromatic heterocycles. The maximum atomic E-state index is 11.1. The van der Waals surface area contributed by atoms with E-state index in [1.807, 2.05) is 27.7 Å². The predicted molar refractivity (Wildman–Crippen MR) is 105 cm³/mol. The van der Waals surface area contributed by atoms with Gasteiger partial charge in [-0.25, -0.2) is 0 Å². The lowest BCUT2D eigenvalue weighted by atomic mass is 9.81. The van der Waals surface area contributed by atoms with Gasteiger partial charge in [0.05, 0.1) is 0 Å². The monoisotopic (exact) mass is 392 g/mol. The molecular formula is C23H24N2O4+2. The molecule has 6 heteroatoms. The lowest BCUT2D eigenvalue weighted by Crippen LogP contribution is -2.37. The molecule has 0 atom stereocenters. The Kier molecular flexibility index (Phi) is 4.57. The topological polar surface area (TPSA) is 60.4 Å². The van der Waals surface area contributed by atoms with Crippen molar-refractivity contribution >= 4 is 22.7 Å². The van der Waals surface area contributed by atoms with E-state index < -0.39 is 0 Å². The fourth-order valence-electron chi connectivity index (χ4n) is 4.12. The lowest BCUT2D eigenvalue weighted by molar-refractivity contribution is -0.727. The van der Waals surface area contributed by atoms with Gasteiger partial charge in [0.15, 0.2) is 24.8 Å². The van der Waals surface area contributed by atoms with Crippen LogP contribution < -0.4 is 9.13 Å². The minimum absolute atomic E-state index is 0.197. The highest BCUT2D eigenvalue weighted by molar-refractivity contribution is 5.96. The minimum Gasteiger partial charge on any atom is -0.405 e. The van der Waals surface area contributed by atoms with Gasteiger partial charge in [0, 0.05) is 42.3 Å². The van der Waals surface area contributed by atoms with Crippen molar-refractivity contribution in [2.24, 2.45) is 0 Å². The summed E-state index contributed by atoms with van der Waals surface area (Å²) >= 11 is 0. The van der Waals surface area contributed by atoms with Crippen molar-refractivity contribution in [1.29, 1.82) is 0 Å². The maximum Gasteiger partial charge on any atom is 0.307 e. The third-order valence-electron chi connectivity index (χ3n) is 5.46. The Hall–Kier alpha value is -3.28. The summed E-state index contributed by atoms with van der Waals surface area (Å²) in [6.45, 7) is 7.64.